The summed E-state index contributed by atoms with van der Waals surface area (Å²) >= 11 is 3.34. The van der Waals surface area contributed by atoms with Crippen LogP contribution < -0.4 is 5.32 Å². The minimum Gasteiger partial charge on any atom is -0.309 e. The van der Waals surface area contributed by atoms with Crippen LogP contribution in [0.1, 0.15) is 26.2 Å². The van der Waals surface area contributed by atoms with Gasteiger partial charge >= 0.3 is 0 Å². The Bertz CT molecular complexity index is 144. The van der Waals surface area contributed by atoms with E-state index in [0.29, 0.717) is 0 Å². The number of hydrogen-bond acceptors (Lipinski definition) is 1. The lowest BCUT2D eigenvalue weighted by molar-refractivity contribution is 0.444. The molecular weight excluding hydrogens is 202 g/mol. The van der Waals surface area contributed by atoms with Crippen LogP contribution in [-0.2, 0) is 0 Å². The molecule has 11 heavy (non-hydrogen) atoms. The van der Waals surface area contributed by atoms with Crippen LogP contribution in [0, 0.1) is 5.92 Å². The topological polar surface area (TPSA) is 12.0 Å². The van der Waals surface area contributed by atoms with Gasteiger partial charge in [-0.05, 0) is 18.8 Å². The average Bonchev–Trinajstić information content (AvgIpc) is 2.31. The van der Waals surface area contributed by atoms with Crippen molar-refractivity contribution in [2.45, 2.75) is 32.2 Å². The van der Waals surface area contributed by atoms with Crippen LogP contribution in [0.4, 0.5) is 0 Å². The fourth-order valence-electron chi connectivity index (χ4n) is 1.69. The van der Waals surface area contributed by atoms with Crippen molar-refractivity contribution in [2.75, 3.05) is 6.54 Å². The summed E-state index contributed by atoms with van der Waals surface area (Å²) in [5.74, 6) is 0.849. The first-order chi connectivity index (χ1) is 5.20. The highest BCUT2D eigenvalue weighted by Crippen LogP contribution is 2.24. The Labute approximate surface area is 77.4 Å². The van der Waals surface area contributed by atoms with Crippen LogP contribution in [-0.4, -0.2) is 12.6 Å². The first-order valence-corrected chi connectivity index (χ1v) is 5.06. The first-order valence-electron chi connectivity index (χ1n) is 4.27. The number of halogens is 1. The molecule has 2 unspecified atom stereocenters. The van der Waals surface area contributed by atoms with Crippen LogP contribution >= 0.6 is 15.9 Å². The summed E-state index contributed by atoms with van der Waals surface area (Å²) in [6.45, 7) is 7.03. The lowest BCUT2D eigenvalue weighted by atomic mass is 10.1. The predicted octanol–water partition coefficient (Wildman–Crippen LogP) is 2.67. The summed E-state index contributed by atoms with van der Waals surface area (Å²) in [5, 5.41) is 3.48. The zero-order valence-corrected chi connectivity index (χ0v) is 8.65. The van der Waals surface area contributed by atoms with Crippen LogP contribution in [0.2, 0.25) is 0 Å². The summed E-state index contributed by atoms with van der Waals surface area (Å²) in [4.78, 5) is 0. The zero-order valence-electron chi connectivity index (χ0n) is 7.07. The summed E-state index contributed by atoms with van der Waals surface area (Å²) in [7, 11) is 0. The molecule has 1 fully saturated rings. The minimum atomic E-state index is 0.726. The van der Waals surface area contributed by atoms with Crippen molar-refractivity contribution in [3.63, 3.8) is 0 Å². The Balaban J connectivity index is 2.20. The van der Waals surface area contributed by atoms with Crippen LogP contribution in [0.5, 0.6) is 0 Å². The molecule has 0 heterocycles. The molecule has 1 aliphatic carbocycles. The molecule has 0 saturated heterocycles. The van der Waals surface area contributed by atoms with E-state index in [1.165, 1.54) is 19.3 Å². The SMILES string of the molecule is C=C(Br)CNC1CCCC1C. The zero-order chi connectivity index (χ0) is 8.27. The lowest BCUT2D eigenvalue weighted by Crippen LogP contribution is -2.31. The lowest BCUT2D eigenvalue weighted by Gasteiger charge is -2.16. The van der Waals surface area contributed by atoms with Crippen molar-refractivity contribution in [1.82, 2.24) is 5.32 Å². The average molecular weight is 218 g/mol. The molecule has 64 valence electrons. The standard InChI is InChI=1S/C9H16BrN/c1-7-4-3-5-9(7)11-6-8(2)10/h7,9,11H,2-6H2,1H3. The molecule has 2 atom stereocenters. The van der Waals surface area contributed by atoms with Gasteiger partial charge in [-0.15, -0.1) is 0 Å². The molecule has 0 radical (unpaired) electrons. The van der Waals surface area contributed by atoms with Gasteiger partial charge < -0.3 is 5.32 Å². The molecule has 0 amide bonds. The van der Waals surface area contributed by atoms with Crippen molar-refractivity contribution < 1.29 is 0 Å². The molecule has 0 aromatic heterocycles. The van der Waals surface area contributed by atoms with E-state index in [-0.39, 0.29) is 0 Å². The van der Waals surface area contributed by atoms with Crippen LogP contribution in [0.3, 0.4) is 0 Å². The monoisotopic (exact) mass is 217 g/mol. The molecule has 1 nitrogen and oxygen atoms in total. The summed E-state index contributed by atoms with van der Waals surface area (Å²) in [5.41, 5.74) is 0. The third kappa shape index (κ3) is 2.96. The predicted molar refractivity (Wildman–Crippen MR) is 52.9 cm³/mol. The van der Waals surface area contributed by atoms with Crippen molar-refractivity contribution in [3.8, 4) is 0 Å². The molecule has 0 spiro atoms. The Hall–Kier alpha value is 0.180. The van der Waals surface area contributed by atoms with E-state index >= 15 is 0 Å². The van der Waals surface area contributed by atoms with Crippen LogP contribution in [0.25, 0.3) is 0 Å². The molecule has 1 rings (SSSR count). The highest BCUT2D eigenvalue weighted by Gasteiger charge is 2.22. The number of nitrogens with one attached hydrogen (secondary N) is 1. The van der Waals surface area contributed by atoms with Gasteiger partial charge in [0.05, 0.1) is 0 Å². The third-order valence-corrected chi connectivity index (χ3v) is 2.70. The smallest absolute Gasteiger partial charge is 0.0268 e. The molecule has 0 aliphatic heterocycles. The van der Waals surface area contributed by atoms with Crippen molar-refractivity contribution in [3.05, 3.63) is 11.1 Å². The van der Waals surface area contributed by atoms with Crippen LogP contribution in [0.15, 0.2) is 11.1 Å². The molecular formula is C9H16BrN. The van der Waals surface area contributed by atoms with Gasteiger partial charge in [-0.3, -0.25) is 0 Å². The Morgan fingerprint density at radius 1 is 1.64 bits per heavy atom. The van der Waals surface area contributed by atoms with E-state index in [4.69, 9.17) is 0 Å². The second kappa shape index (κ2) is 4.27. The van der Waals surface area contributed by atoms with Gasteiger partial charge in [0.1, 0.15) is 0 Å². The van der Waals surface area contributed by atoms with Gasteiger partial charge in [-0.25, -0.2) is 0 Å². The third-order valence-electron chi connectivity index (χ3n) is 2.42. The van der Waals surface area contributed by atoms with Gasteiger partial charge in [-0.1, -0.05) is 35.9 Å². The van der Waals surface area contributed by atoms with Gasteiger partial charge in [-0.2, -0.15) is 0 Å². The summed E-state index contributed by atoms with van der Waals surface area (Å²) in [6.07, 6.45) is 4.10. The maximum absolute atomic E-state index is 3.80. The van der Waals surface area contributed by atoms with Gasteiger partial charge in [0, 0.05) is 17.1 Å². The number of hydrogen-bond donors (Lipinski definition) is 1. The fourth-order valence-corrected chi connectivity index (χ4v) is 1.85. The Morgan fingerprint density at radius 3 is 2.82 bits per heavy atom. The summed E-state index contributed by atoms with van der Waals surface area (Å²) < 4.78 is 1.05. The Kier molecular flexibility index (Phi) is 3.60. The van der Waals surface area contributed by atoms with Crippen molar-refractivity contribution in [1.29, 1.82) is 0 Å². The van der Waals surface area contributed by atoms with E-state index in [9.17, 15) is 0 Å². The maximum Gasteiger partial charge on any atom is 0.0268 e. The van der Waals surface area contributed by atoms with Gasteiger partial charge in [0.15, 0.2) is 0 Å². The van der Waals surface area contributed by atoms with Crippen molar-refractivity contribution in [2.24, 2.45) is 5.92 Å². The Morgan fingerprint density at radius 2 is 2.36 bits per heavy atom. The molecule has 1 saturated carbocycles. The van der Waals surface area contributed by atoms with Gasteiger partial charge in [0.2, 0.25) is 0 Å². The second-order valence-corrected chi connectivity index (χ2v) is 4.53. The minimum absolute atomic E-state index is 0.726. The molecule has 1 N–H and O–H groups in total. The van der Waals surface area contributed by atoms with E-state index in [0.717, 1.165) is 23.0 Å². The molecule has 0 aromatic rings. The fraction of sp³-hybridized carbons (Fsp3) is 0.778. The highest BCUT2D eigenvalue weighted by molar-refractivity contribution is 9.11. The highest BCUT2D eigenvalue weighted by atomic mass is 79.9. The van der Waals surface area contributed by atoms with E-state index in [2.05, 4.69) is 34.7 Å². The summed E-state index contributed by atoms with van der Waals surface area (Å²) in [6, 6.07) is 0.726. The first kappa shape index (κ1) is 9.27. The quantitative estimate of drug-likeness (QED) is 0.767. The van der Waals surface area contributed by atoms with Gasteiger partial charge in [0.25, 0.3) is 0 Å². The largest absolute Gasteiger partial charge is 0.309 e. The molecule has 0 bridgehead atoms. The maximum atomic E-state index is 3.80. The van der Waals surface area contributed by atoms with E-state index in [1.807, 2.05) is 0 Å². The van der Waals surface area contributed by atoms with Crippen molar-refractivity contribution >= 4 is 15.9 Å². The normalized spacial score (nSPS) is 30.7. The molecule has 1 aliphatic rings. The molecule has 0 aromatic carbocycles. The van der Waals surface area contributed by atoms with E-state index < -0.39 is 0 Å². The van der Waals surface area contributed by atoms with E-state index in [1.54, 1.807) is 0 Å². The molecule has 2 heteroatoms. The second-order valence-electron chi connectivity index (χ2n) is 3.41. The number of rotatable bonds is 3.